The largest absolute Gasteiger partial charge is 0.394 e. The Morgan fingerprint density at radius 1 is 1.38 bits per heavy atom. The Balaban J connectivity index is 1.94. The second-order valence-corrected chi connectivity index (χ2v) is 5.13. The van der Waals surface area contributed by atoms with E-state index in [9.17, 15) is 15.3 Å². The van der Waals surface area contributed by atoms with Crippen LogP contribution in [0.25, 0.3) is 0 Å². The molecule has 0 aliphatic carbocycles. The number of aliphatic hydroxyl groups is 3. The van der Waals surface area contributed by atoms with Crippen LogP contribution in [0.1, 0.15) is 6.92 Å². The molecule has 3 heterocycles. The average Bonchev–Trinajstić information content (AvgIpc) is 2.99. The van der Waals surface area contributed by atoms with Crippen molar-refractivity contribution in [3.8, 4) is 0 Å². The van der Waals surface area contributed by atoms with Crippen molar-refractivity contribution < 1.29 is 20.1 Å². The average molecular weight is 297 g/mol. The van der Waals surface area contributed by atoms with Gasteiger partial charge in [0.15, 0.2) is 17.9 Å². The van der Waals surface area contributed by atoms with E-state index in [4.69, 9.17) is 10.5 Å². The van der Waals surface area contributed by atoms with Gasteiger partial charge in [0, 0.05) is 6.54 Å². The maximum atomic E-state index is 10.2. The van der Waals surface area contributed by atoms with Gasteiger partial charge in [0.05, 0.1) is 13.3 Å². The van der Waals surface area contributed by atoms with Crippen LogP contribution < -0.4 is 15.5 Å². The van der Waals surface area contributed by atoms with Gasteiger partial charge in [0.25, 0.3) is 0 Å². The number of rotatable bonds is 3. The smallest absolute Gasteiger partial charge is 0.162 e. The van der Waals surface area contributed by atoms with Crippen molar-refractivity contribution in [2.75, 3.05) is 35.4 Å². The van der Waals surface area contributed by atoms with Gasteiger partial charge < -0.3 is 35.6 Å². The summed E-state index contributed by atoms with van der Waals surface area (Å²) in [6.45, 7) is 2.72. The predicted octanol–water partition coefficient (Wildman–Crippen LogP) is -1.90. The number of aliphatic hydroxyl groups excluding tert-OH is 3. The minimum atomic E-state index is -1.14. The molecule has 0 unspecified atom stereocenters. The Labute approximate surface area is 121 Å². The molecule has 9 nitrogen and oxygen atoms in total. The van der Waals surface area contributed by atoms with E-state index >= 15 is 0 Å². The van der Waals surface area contributed by atoms with Crippen molar-refractivity contribution in [1.82, 2.24) is 9.97 Å². The third kappa shape index (κ3) is 2.09. The van der Waals surface area contributed by atoms with Crippen LogP contribution in [-0.2, 0) is 4.74 Å². The third-order valence-corrected chi connectivity index (χ3v) is 3.95. The van der Waals surface area contributed by atoms with E-state index in [2.05, 4.69) is 9.97 Å². The van der Waals surface area contributed by atoms with E-state index in [1.165, 1.54) is 6.33 Å². The Morgan fingerprint density at radius 2 is 2.14 bits per heavy atom. The molecule has 5 N–H and O–H groups in total. The molecule has 1 fully saturated rings. The van der Waals surface area contributed by atoms with Gasteiger partial charge in [-0.2, -0.15) is 0 Å². The van der Waals surface area contributed by atoms with Crippen LogP contribution in [0.15, 0.2) is 6.33 Å². The molecular formula is C12H19N5O4. The van der Waals surface area contributed by atoms with Gasteiger partial charge in [-0.1, -0.05) is 0 Å². The number of fused-ring (bicyclic) bond motifs is 1. The third-order valence-electron chi connectivity index (χ3n) is 3.95. The van der Waals surface area contributed by atoms with Crippen LogP contribution in [-0.4, -0.2) is 69.6 Å². The molecule has 0 aromatic carbocycles. The second-order valence-electron chi connectivity index (χ2n) is 5.13. The number of ether oxygens (including phenoxy) is 1. The van der Waals surface area contributed by atoms with Crippen LogP contribution in [0.4, 0.5) is 17.3 Å². The van der Waals surface area contributed by atoms with Crippen LogP contribution in [0.3, 0.4) is 0 Å². The first-order chi connectivity index (χ1) is 10.1. The Morgan fingerprint density at radius 3 is 2.76 bits per heavy atom. The molecule has 0 saturated carbocycles. The normalized spacial score (nSPS) is 31.8. The quantitative estimate of drug-likeness (QED) is 0.505. The van der Waals surface area contributed by atoms with Gasteiger partial charge in [0.1, 0.15) is 30.3 Å². The van der Waals surface area contributed by atoms with Crippen molar-refractivity contribution in [1.29, 1.82) is 0 Å². The van der Waals surface area contributed by atoms with Gasteiger partial charge in [0.2, 0.25) is 0 Å². The number of hydrogen-bond acceptors (Lipinski definition) is 9. The van der Waals surface area contributed by atoms with E-state index in [1.807, 2.05) is 11.8 Å². The molecule has 0 radical (unpaired) electrons. The summed E-state index contributed by atoms with van der Waals surface area (Å²) in [5, 5.41) is 29.2. The lowest BCUT2D eigenvalue weighted by Crippen LogP contribution is -2.46. The zero-order valence-electron chi connectivity index (χ0n) is 11.6. The molecule has 4 atom stereocenters. The number of hydrogen-bond donors (Lipinski definition) is 4. The molecular weight excluding hydrogens is 278 g/mol. The highest BCUT2D eigenvalue weighted by Gasteiger charge is 2.48. The maximum absolute atomic E-state index is 10.2. The molecule has 1 saturated heterocycles. The summed E-state index contributed by atoms with van der Waals surface area (Å²) in [6.07, 6.45) is -2.53. The van der Waals surface area contributed by atoms with Crippen molar-refractivity contribution in [2.24, 2.45) is 0 Å². The molecule has 0 bridgehead atoms. The molecule has 116 valence electrons. The number of anilines is 3. The maximum Gasteiger partial charge on any atom is 0.162 e. The molecule has 21 heavy (non-hydrogen) atoms. The molecule has 0 spiro atoms. The molecule has 1 aromatic rings. The summed E-state index contributed by atoms with van der Waals surface area (Å²) in [5.74, 6) is 0.912. The van der Waals surface area contributed by atoms with E-state index < -0.39 is 24.5 Å². The van der Waals surface area contributed by atoms with Gasteiger partial charge >= 0.3 is 0 Å². The summed E-state index contributed by atoms with van der Waals surface area (Å²) >= 11 is 0. The summed E-state index contributed by atoms with van der Waals surface area (Å²) in [5.41, 5.74) is 6.59. The Hall–Kier alpha value is -1.68. The monoisotopic (exact) mass is 297 g/mol. The molecule has 0 amide bonds. The first-order valence-corrected chi connectivity index (χ1v) is 6.83. The lowest BCUT2D eigenvalue weighted by molar-refractivity contribution is -0.0222. The van der Waals surface area contributed by atoms with Crippen molar-refractivity contribution >= 4 is 17.3 Å². The molecule has 3 rings (SSSR count). The summed E-state index contributed by atoms with van der Waals surface area (Å²) in [7, 11) is 0. The second kappa shape index (κ2) is 5.26. The number of nitrogen functional groups attached to an aromatic ring is 1. The number of aromatic nitrogens is 2. The lowest BCUT2D eigenvalue weighted by atomic mass is 10.1. The molecule has 2 aliphatic rings. The summed E-state index contributed by atoms with van der Waals surface area (Å²) < 4.78 is 5.56. The van der Waals surface area contributed by atoms with Crippen molar-refractivity contribution in [2.45, 2.75) is 31.5 Å². The van der Waals surface area contributed by atoms with Gasteiger partial charge in [-0.05, 0) is 6.92 Å². The first kappa shape index (κ1) is 14.3. The summed E-state index contributed by atoms with van der Waals surface area (Å²) in [4.78, 5) is 11.9. The van der Waals surface area contributed by atoms with Crippen LogP contribution in [0.2, 0.25) is 0 Å². The van der Waals surface area contributed by atoms with E-state index in [0.717, 1.165) is 0 Å². The Kier molecular flexibility index (Phi) is 3.57. The summed E-state index contributed by atoms with van der Waals surface area (Å²) in [6, 6.07) is 0. The van der Waals surface area contributed by atoms with Gasteiger partial charge in [-0.3, -0.25) is 0 Å². The van der Waals surface area contributed by atoms with Crippen LogP contribution in [0, 0.1) is 0 Å². The van der Waals surface area contributed by atoms with E-state index in [1.54, 1.807) is 4.90 Å². The van der Waals surface area contributed by atoms with Crippen LogP contribution in [0.5, 0.6) is 0 Å². The fourth-order valence-electron chi connectivity index (χ4n) is 2.81. The highest BCUT2D eigenvalue weighted by Crippen LogP contribution is 2.40. The molecule has 1 aromatic heterocycles. The topological polar surface area (TPSA) is 128 Å². The number of nitrogens with two attached hydrogens (primary N) is 1. The van der Waals surface area contributed by atoms with E-state index in [-0.39, 0.29) is 6.61 Å². The SMILES string of the molecule is CCN1CN([C@@H]2O[C@H](CO)[C@@H](O)[C@H]2O)c2ncnc(N)c21. The zero-order chi connectivity index (χ0) is 15.1. The Bertz CT molecular complexity index is 530. The highest BCUT2D eigenvalue weighted by molar-refractivity contribution is 5.81. The van der Waals surface area contributed by atoms with Gasteiger partial charge in [-0.25, -0.2) is 9.97 Å². The number of nitrogens with zero attached hydrogens (tertiary/aromatic N) is 4. The van der Waals surface area contributed by atoms with Crippen molar-refractivity contribution in [3.63, 3.8) is 0 Å². The molecule has 9 heteroatoms. The van der Waals surface area contributed by atoms with Gasteiger partial charge in [-0.15, -0.1) is 0 Å². The molecule has 2 aliphatic heterocycles. The highest BCUT2D eigenvalue weighted by atomic mass is 16.6. The predicted molar refractivity (Wildman–Crippen MR) is 74.6 cm³/mol. The fourth-order valence-corrected chi connectivity index (χ4v) is 2.81. The minimum absolute atomic E-state index is 0.357. The van der Waals surface area contributed by atoms with Crippen LogP contribution >= 0.6 is 0 Å². The lowest BCUT2D eigenvalue weighted by Gasteiger charge is -2.27. The fraction of sp³-hybridized carbons (Fsp3) is 0.667. The first-order valence-electron chi connectivity index (χ1n) is 6.83. The zero-order valence-corrected chi connectivity index (χ0v) is 11.6. The minimum Gasteiger partial charge on any atom is -0.394 e. The van der Waals surface area contributed by atoms with Crippen molar-refractivity contribution in [3.05, 3.63) is 6.33 Å². The van der Waals surface area contributed by atoms with E-state index in [0.29, 0.717) is 30.5 Å². The standard InChI is InChI=1S/C12H19N5O4/c1-2-16-5-17(11-7(16)10(13)14-4-15-11)12-9(20)8(19)6(3-18)21-12/h4,6,8-9,12,18-20H,2-3,5H2,1H3,(H2,13,14,15)/t6-,8-,9-,12-/m1/s1.